The summed E-state index contributed by atoms with van der Waals surface area (Å²) in [6, 6.07) is 9.39. The summed E-state index contributed by atoms with van der Waals surface area (Å²) >= 11 is 7.54. The minimum Gasteiger partial charge on any atom is -0.506 e. The molecule has 0 fully saturated rings. The van der Waals surface area contributed by atoms with Gasteiger partial charge in [0.1, 0.15) is 21.0 Å². The lowest BCUT2D eigenvalue weighted by molar-refractivity contribution is 0.479. The molecule has 0 aliphatic rings. The van der Waals surface area contributed by atoms with E-state index in [4.69, 9.17) is 16.9 Å². The number of thiophene rings is 1. The van der Waals surface area contributed by atoms with Gasteiger partial charge in [0.25, 0.3) is 5.56 Å². The van der Waals surface area contributed by atoms with Gasteiger partial charge in [-0.15, -0.1) is 24.5 Å². The molecule has 2 aromatic heterocycles. The van der Waals surface area contributed by atoms with Crippen LogP contribution in [0.1, 0.15) is 5.56 Å². The van der Waals surface area contributed by atoms with Crippen LogP contribution < -0.4 is 10.5 Å². The zero-order valence-corrected chi connectivity index (χ0v) is 15.9. The third-order valence-corrected chi connectivity index (χ3v) is 5.44. The standard InChI is InChI=1S/C20H16ClN3O2S/c1-3-9-24(10-4-2)13-7-5-12(6-8-13)15-16-17(25)14(11-22)19(26)23-20(16)27-18(15)21/h3-8H,1-2,9-10H2,(H2,23,25,26). The molecule has 5 nitrogen and oxygen atoms in total. The average Bonchev–Trinajstić information content (AvgIpc) is 2.98. The van der Waals surface area contributed by atoms with Crippen molar-refractivity contribution in [1.29, 1.82) is 5.26 Å². The van der Waals surface area contributed by atoms with E-state index in [-0.39, 0.29) is 11.3 Å². The van der Waals surface area contributed by atoms with E-state index in [1.54, 1.807) is 6.07 Å². The van der Waals surface area contributed by atoms with Crippen molar-refractivity contribution in [3.63, 3.8) is 0 Å². The number of aromatic nitrogens is 1. The summed E-state index contributed by atoms with van der Waals surface area (Å²) in [5.74, 6) is -0.349. The lowest BCUT2D eigenvalue weighted by atomic mass is 10.0. The first-order valence-electron chi connectivity index (χ1n) is 8.06. The number of rotatable bonds is 6. The Labute approximate surface area is 165 Å². The van der Waals surface area contributed by atoms with Gasteiger partial charge in [-0.3, -0.25) is 4.79 Å². The number of hydrogen-bond donors (Lipinski definition) is 2. The molecule has 0 bridgehead atoms. The van der Waals surface area contributed by atoms with E-state index in [1.165, 1.54) is 0 Å². The molecule has 0 aliphatic carbocycles. The van der Waals surface area contributed by atoms with Crippen LogP contribution >= 0.6 is 22.9 Å². The van der Waals surface area contributed by atoms with Crippen molar-refractivity contribution in [2.24, 2.45) is 0 Å². The Morgan fingerprint density at radius 3 is 2.44 bits per heavy atom. The lowest BCUT2D eigenvalue weighted by Gasteiger charge is -2.21. The fourth-order valence-corrected chi connectivity index (χ4v) is 4.29. The van der Waals surface area contributed by atoms with Gasteiger partial charge in [0, 0.05) is 24.3 Å². The number of nitriles is 1. The van der Waals surface area contributed by atoms with Gasteiger partial charge in [-0.1, -0.05) is 35.9 Å². The van der Waals surface area contributed by atoms with Crippen LogP contribution in [-0.2, 0) is 0 Å². The number of anilines is 1. The highest BCUT2D eigenvalue weighted by Gasteiger charge is 2.21. The molecule has 1 aromatic carbocycles. The molecule has 0 saturated heterocycles. The number of halogens is 1. The van der Waals surface area contributed by atoms with Crippen molar-refractivity contribution in [2.45, 2.75) is 0 Å². The minimum atomic E-state index is -0.633. The molecule has 136 valence electrons. The van der Waals surface area contributed by atoms with Crippen LogP contribution in [0, 0.1) is 11.3 Å². The van der Waals surface area contributed by atoms with Crippen LogP contribution in [0.15, 0.2) is 54.4 Å². The maximum absolute atomic E-state index is 11.9. The van der Waals surface area contributed by atoms with Crippen molar-refractivity contribution in [2.75, 3.05) is 18.0 Å². The van der Waals surface area contributed by atoms with Gasteiger partial charge in [0.15, 0.2) is 5.56 Å². The van der Waals surface area contributed by atoms with Gasteiger partial charge in [0.05, 0.1) is 5.39 Å². The summed E-state index contributed by atoms with van der Waals surface area (Å²) in [7, 11) is 0. The Morgan fingerprint density at radius 2 is 1.89 bits per heavy atom. The molecule has 3 rings (SSSR count). The van der Waals surface area contributed by atoms with Gasteiger partial charge >= 0.3 is 0 Å². The van der Waals surface area contributed by atoms with Crippen LogP contribution in [0.25, 0.3) is 21.3 Å². The zero-order chi connectivity index (χ0) is 19.6. The van der Waals surface area contributed by atoms with Gasteiger partial charge in [0.2, 0.25) is 0 Å². The molecule has 0 atom stereocenters. The first-order chi connectivity index (χ1) is 13.0. The highest BCUT2D eigenvalue weighted by Crippen LogP contribution is 2.45. The topological polar surface area (TPSA) is 80.1 Å². The second-order valence-corrected chi connectivity index (χ2v) is 7.40. The minimum absolute atomic E-state index is 0.321. The predicted octanol–water partition coefficient (Wildman–Crippen LogP) is 4.67. The number of aromatic hydroxyl groups is 1. The van der Waals surface area contributed by atoms with Gasteiger partial charge in [-0.2, -0.15) is 5.26 Å². The van der Waals surface area contributed by atoms with Gasteiger partial charge < -0.3 is 15.0 Å². The fraction of sp³-hybridized carbons (Fsp3) is 0.100. The average molecular weight is 398 g/mol. The zero-order valence-electron chi connectivity index (χ0n) is 14.3. The number of aromatic amines is 1. The predicted molar refractivity (Wildman–Crippen MR) is 112 cm³/mol. The summed E-state index contributed by atoms with van der Waals surface area (Å²) in [6.07, 6.45) is 3.64. The van der Waals surface area contributed by atoms with Crippen molar-refractivity contribution in [3.05, 3.63) is 69.8 Å². The first-order valence-corrected chi connectivity index (χ1v) is 9.25. The molecular weight excluding hydrogens is 382 g/mol. The summed E-state index contributed by atoms with van der Waals surface area (Å²) in [5, 5.41) is 20.0. The van der Waals surface area contributed by atoms with Crippen LogP contribution in [0.2, 0.25) is 4.34 Å². The molecule has 7 heteroatoms. The quantitative estimate of drug-likeness (QED) is 0.592. The second-order valence-electron chi connectivity index (χ2n) is 5.77. The van der Waals surface area contributed by atoms with Crippen molar-refractivity contribution in [3.8, 4) is 22.9 Å². The highest BCUT2D eigenvalue weighted by molar-refractivity contribution is 7.23. The Balaban J connectivity index is 2.14. The molecular formula is C20H16ClN3O2S. The van der Waals surface area contributed by atoms with E-state index in [1.807, 2.05) is 36.4 Å². The maximum Gasteiger partial charge on any atom is 0.270 e. The lowest BCUT2D eigenvalue weighted by Crippen LogP contribution is -2.22. The van der Waals surface area contributed by atoms with E-state index in [0.717, 1.165) is 22.6 Å². The molecule has 0 spiro atoms. The van der Waals surface area contributed by atoms with E-state index in [0.29, 0.717) is 33.2 Å². The summed E-state index contributed by atoms with van der Waals surface area (Å²) < 4.78 is 0.424. The number of hydrogen-bond acceptors (Lipinski definition) is 5. The normalized spacial score (nSPS) is 10.5. The maximum atomic E-state index is 11.9. The Morgan fingerprint density at radius 1 is 1.26 bits per heavy atom. The largest absolute Gasteiger partial charge is 0.506 e. The fourth-order valence-electron chi connectivity index (χ4n) is 2.91. The molecule has 3 aromatic rings. The smallest absolute Gasteiger partial charge is 0.270 e. The van der Waals surface area contributed by atoms with Gasteiger partial charge in [-0.25, -0.2) is 0 Å². The number of H-pyrrole nitrogens is 1. The molecule has 27 heavy (non-hydrogen) atoms. The SMILES string of the molecule is C=CCN(CC=C)c1ccc(-c2c(Cl)sc3[nH]c(=O)c(C#N)c(O)c23)cc1. The first kappa shape index (κ1) is 18.8. The third-order valence-electron chi connectivity index (χ3n) is 4.12. The van der Waals surface area contributed by atoms with Crippen LogP contribution in [0.5, 0.6) is 5.75 Å². The molecule has 0 aliphatic heterocycles. The third kappa shape index (κ3) is 3.35. The summed E-state index contributed by atoms with van der Waals surface area (Å²) in [6.45, 7) is 8.90. The second kappa shape index (κ2) is 7.70. The number of nitrogens with one attached hydrogen (secondary N) is 1. The molecule has 2 heterocycles. The van der Waals surface area contributed by atoms with Crippen LogP contribution in [0.4, 0.5) is 5.69 Å². The molecule has 0 radical (unpaired) electrons. The Hall–Kier alpha value is -3.01. The highest BCUT2D eigenvalue weighted by atomic mass is 35.5. The number of nitrogens with zero attached hydrogens (tertiary/aromatic N) is 2. The van der Waals surface area contributed by atoms with Crippen molar-refractivity contribution < 1.29 is 5.11 Å². The summed E-state index contributed by atoms with van der Waals surface area (Å²) in [5.41, 5.74) is 1.40. The number of pyridine rings is 1. The van der Waals surface area contributed by atoms with Crippen molar-refractivity contribution >= 4 is 38.8 Å². The van der Waals surface area contributed by atoms with Gasteiger partial charge in [-0.05, 0) is 17.7 Å². The molecule has 0 amide bonds. The molecule has 2 N–H and O–H groups in total. The van der Waals surface area contributed by atoms with E-state index in [9.17, 15) is 9.90 Å². The van der Waals surface area contributed by atoms with E-state index >= 15 is 0 Å². The van der Waals surface area contributed by atoms with E-state index < -0.39 is 5.56 Å². The number of fused-ring (bicyclic) bond motifs is 1. The van der Waals surface area contributed by atoms with Crippen LogP contribution in [0.3, 0.4) is 0 Å². The molecule has 0 unspecified atom stereocenters. The molecule has 0 saturated carbocycles. The monoisotopic (exact) mass is 397 g/mol. The Kier molecular flexibility index (Phi) is 5.36. The van der Waals surface area contributed by atoms with Crippen LogP contribution in [-0.4, -0.2) is 23.2 Å². The van der Waals surface area contributed by atoms with E-state index in [2.05, 4.69) is 23.0 Å². The number of benzene rings is 1. The Bertz CT molecular complexity index is 1110. The summed E-state index contributed by atoms with van der Waals surface area (Å²) in [4.78, 5) is 17.0. The van der Waals surface area contributed by atoms with Crippen molar-refractivity contribution in [1.82, 2.24) is 4.98 Å².